The molecular weight excluding hydrogens is 713 g/mol. The van der Waals surface area contributed by atoms with Gasteiger partial charge < -0.3 is 20.3 Å². The molecule has 5 rings (SSSR count). The van der Waals surface area contributed by atoms with Gasteiger partial charge in [-0.3, -0.25) is 14.0 Å². The molecule has 17 heteroatoms. The average Bonchev–Trinajstić information content (AvgIpc) is 3.05. The van der Waals surface area contributed by atoms with Gasteiger partial charge in [-0.25, -0.2) is 27.9 Å². The summed E-state index contributed by atoms with van der Waals surface area (Å²) >= 11 is 0. The van der Waals surface area contributed by atoms with Gasteiger partial charge in [-0.05, 0) is 76.3 Å². The summed E-state index contributed by atoms with van der Waals surface area (Å²) in [7, 11) is -3.70. The van der Waals surface area contributed by atoms with E-state index >= 15 is 8.78 Å². The van der Waals surface area contributed by atoms with Crippen LogP contribution in [0.15, 0.2) is 41.3 Å². The standard InChI is InChI=1S/C36H43F2N7O7S/c1-20(2)28-30(22(13-14-40-28)10-9-17-51-53(7,49)50)45-33-24(18-26(38)29(41-33)27-23(31(39)46)11-8-12-25(27)37)32(42-34(45)47)44-16-15-43(19-21(44)3)35(48)52-36(4,5)6/h8,11-14,18,20-21H,9-10,15-17,19H2,1-7H3,(H2,39,46)/t21-/m0/s1. The van der Waals surface area contributed by atoms with Gasteiger partial charge >= 0.3 is 11.8 Å². The molecule has 284 valence electrons. The van der Waals surface area contributed by atoms with Gasteiger partial charge in [0.15, 0.2) is 11.5 Å². The molecule has 0 radical (unpaired) electrons. The third kappa shape index (κ3) is 8.62. The molecule has 2 N–H and O–H groups in total. The van der Waals surface area contributed by atoms with Crippen molar-refractivity contribution in [2.24, 2.45) is 5.73 Å². The predicted octanol–water partition coefficient (Wildman–Crippen LogP) is 4.70. The highest BCUT2D eigenvalue weighted by Gasteiger charge is 2.33. The van der Waals surface area contributed by atoms with E-state index in [9.17, 15) is 22.8 Å². The molecule has 0 bridgehead atoms. The fourth-order valence-electron chi connectivity index (χ4n) is 6.30. The predicted molar refractivity (Wildman–Crippen MR) is 195 cm³/mol. The molecule has 1 aliphatic rings. The highest BCUT2D eigenvalue weighted by atomic mass is 32.2. The topological polar surface area (TPSA) is 180 Å². The van der Waals surface area contributed by atoms with Crippen molar-refractivity contribution in [3.05, 3.63) is 75.5 Å². The van der Waals surface area contributed by atoms with Crippen molar-refractivity contribution in [2.75, 3.05) is 37.4 Å². The number of hydrogen-bond donors (Lipinski definition) is 1. The summed E-state index contributed by atoms with van der Waals surface area (Å²) in [4.78, 5) is 56.6. The van der Waals surface area contributed by atoms with Gasteiger partial charge in [0.25, 0.3) is 10.1 Å². The van der Waals surface area contributed by atoms with E-state index in [-0.39, 0.29) is 73.1 Å². The second kappa shape index (κ2) is 15.1. The van der Waals surface area contributed by atoms with E-state index in [4.69, 9.17) is 14.7 Å². The molecule has 2 amide bonds. The maximum atomic E-state index is 16.4. The number of aromatic nitrogens is 4. The first kappa shape index (κ1) is 39.2. The third-order valence-electron chi connectivity index (χ3n) is 8.56. The number of piperazine rings is 1. The van der Waals surface area contributed by atoms with Crippen molar-refractivity contribution in [3.63, 3.8) is 0 Å². The maximum absolute atomic E-state index is 16.4. The number of halogens is 2. The van der Waals surface area contributed by atoms with Gasteiger partial charge in [-0.15, -0.1) is 0 Å². The lowest BCUT2D eigenvalue weighted by molar-refractivity contribution is 0.0218. The Labute approximate surface area is 306 Å². The summed E-state index contributed by atoms with van der Waals surface area (Å²) < 4.78 is 66.7. The van der Waals surface area contributed by atoms with Crippen LogP contribution in [0.25, 0.3) is 28.0 Å². The summed E-state index contributed by atoms with van der Waals surface area (Å²) in [5.74, 6) is -3.16. The maximum Gasteiger partial charge on any atom is 0.410 e. The minimum absolute atomic E-state index is 0.0808. The number of rotatable bonds is 10. The molecular formula is C36H43F2N7O7S. The zero-order chi connectivity index (χ0) is 39.0. The number of anilines is 1. The fourth-order valence-corrected chi connectivity index (χ4v) is 6.72. The molecule has 1 saturated heterocycles. The number of hydrogen-bond acceptors (Lipinski definition) is 11. The summed E-state index contributed by atoms with van der Waals surface area (Å²) in [6, 6.07) is 5.88. The van der Waals surface area contributed by atoms with Crippen LogP contribution in [0.5, 0.6) is 0 Å². The second-order valence-electron chi connectivity index (χ2n) is 14.2. The Morgan fingerprint density at radius 3 is 2.43 bits per heavy atom. The van der Waals surface area contributed by atoms with E-state index in [1.165, 1.54) is 16.7 Å². The van der Waals surface area contributed by atoms with E-state index in [1.807, 2.05) is 20.8 Å². The zero-order valence-corrected chi connectivity index (χ0v) is 31.5. The van der Waals surface area contributed by atoms with Gasteiger partial charge in [0.2, 0.25) is 5.91 Å². The van der Waals surface area contributed by atoms with Crippen LogP contribution >= 0.6 is 0 Å². The summed E-state index contributed by atoms with van der Waals surface area (Å²) in [6.07, 6.45) is 2.48. The number of fused-ring (bicyclic) bond motifs is 1. The van der Waals surface area contributed by atoms with Crippen molar-refractivity contribution >= 4 is 39.0 Å². The first-order valence-corrected chi connectivity index (χ1v) is 18.9. The second-order valence-corrected chi connectivity index (χ2v) is 15.9. The van der Waals surface area contributed by atoms with E-state index in [1.54, 1.807) is 42.8 Å². The number of aryl methyl sites for hydroxylation is 1. The number of nitrogens with two attached hydrogens (primary N) is 1. The molecule has 1 fully saturated rings. The summed E-state index contributed by atoms with van der Waals surface area (Å²) in [6.45, 7) is 11.3. The minimum atomic E-state index is -3.70. The largest absolute Gasteiger partial charge is 0.444 e. The van der Waals surface area contributed by atoms with Gasteiger partial charge in [-0.1, -0.05) is 19.9 Å². The Kier molecular flexibility index (Phi) is 11.2. The summed E-state index contributed by atoms with van der Waals surface area (Å²) in [5, 5.41) is 0.0882. The lowest BCUT2D eigenvalue weighted by atomic mass is 10.0. The van der Waals surface area contributed by atoms with Crippen LogP contribution in [-0.2, 0) is 25.5 Å². The van der Waals surface area contributed by atoms with Crippen molar-refractivity contribution in [1.82, 2.24) is 24.4 Å². The Hall–Kier alpha value is -5.03. The number of nitrogens with zero attached hydrogens (tertiary/aromatic N) is 6. The number of benzene rings is 1. The van der Waals surface area contributed by atoms with E-state index in [0.717, 1.165) is 18.4 Å². The Balaban J connectivity index is 1.76. The molecule has 3 aromatic heterocycles. The molecule has 4 heterocycles. The third-order valence-corrected chi connectivity index (χ3v) is 9.16. The molecule has 0 unspecified atom stereocenters. The van der Waals surface area contributed by atoms with Crippen LogP contribution < -0.4 is 16.3 Å². The highest BCUT2D eigenvalue weighted by Crippen LogP contribution is 2.35. The van der Waals surface area contributed by atoms with Crippen LogP contribution in [0.4, 0.5) is 19.4 Å². The normalized spacial score (nSPS) is 15.3. The number of carbonyl (C=O) groups is 2. The van der Waals surface area contributed by atoms with Crippen molar-refractivity contribution in [2.45, 2.75) is 71.9 Å². The SMILES string of the molecule is CC(C)c1nccc(CCCOS(C)(=O)=O)c1-n1c(=O)nc(N2CCN(C(=O)OC(C)(C)C)C[C@@H]2C)c2cc(F)c(-c3c(F)cccc3C(N)=O)nc21. The van der Waals surface area contributed by atoms with Crippen molar-refractivity contribution < 1.29 is 35.7 Å². The smallest absolute Gasteiger partial charge is 0.410 e. The Morgan fingerprint density at radius 2 is 1.81 bits per heavy atom. The van der Waals surface area contributed by atoms with Gasteiger partial charge in [-0.2, -0.15) is 13.4 Å². The summed E-state index contributed by atoms with van der Waals surface area (Å²) in [5.41, 5.74) is 3.88. The van der Waals surface area contributed by atoms with E-state index < -0.39 is 62.3 Å². The number of amides is 2. The molecule has 0 aliphatic carbocycles. The van der Waals surface area contributed by atoms with Gasteiger partial charge in [0.05, 0.1) is 40.8 Å². The van der Waals surface area contributed by atoms with Crippen LogP contribution in [-0.4, -0.2) is 89.0 Å². The van der Waals surface area contributed by atoms with Crippen LogP contribution in [0.2, 0.25) is 0 Å². The molecule has 0 spiro atoms. The zero-order valence-electron chi connectivity index (χ0n) is 30.6. The monoisotopic (exact) mass is 755 g/mol. The van der Waals surface area contributed by atoms with Crippen LogP contribution in [0, 0.1) is 11.6 Å². The Morgan fingerprint density at radius 1 is 1.09 bits per heavy atom. The molecule has 0 saturated carbocycles. The average molecular weight is 756 g/mol. The number of pyridine rings is 2. The molecule has 14 nitrogen and oxygen atoms in total. The Bertz CT molecular complexity index is 2240. The quantitative estimate of drug-likeness (QED) is 0.175. The molecule has 1 aromatic carbocycles. The molecule has 1 aliphatic heterocycles. The highest BCUT2D eigenvalue weighted by molar-refractivity contribution is 7.85. The first-order chi connectivity index (χ1) is 24.8. The van der Waals surface area contributed by atoms with Gasteiger partial charge in [0.1, 0.15) is 22.9 Å². The number of ether oxygens (including phenoxy) is 1. The molecule has 53 heavy (non-hydrogen) atoms. The van der Waals surface area contributed by atoms with Crippen molar-refractivity contribution in [3.8, 4) is 16.9 Å². The fraction of sp³-hybridized carbons (Fsp3) is 0.444. The van der Waals surface area contributed by atoms with E-state index in [0.29, 0.717) is 11.3 Å². The molecule has 4 aromatic rings. The first-order valence-electron chi connectivity index (χ1n) is 17.1. The van der Waals surface area contributed by atoms with Gasteiger partial charge in [0, 0.05) is 31.9 Å². The minimum Gasteiger partial charge on any atom is -0.444 e. The van der Waals surface area contributed by atoms with Crippen LogP contribution in [0.3, 0.4) is 0 Å². The van der Waals surface area contributed by atoms with Crippen molar-refractivity contribution in [1.29, 1.82) is 0 Å². The lowest BCUT2D eigenvalue weighted by Crippen LogP contribution is -2.55. The number of primary amides is 1. The van der Waals surface area contributed by atoms with E-state index in [2.05, 4.69) is 15.0 Å². The lowest BCUT2D eigenvalue weighted by Gasteiger charge is -2.41. The van der Waals surface area contributed by atoms with Crippen LogP contribution in [0.1, 0.15) is 75.5 Å². The molecule has 1 atom stereocenters. The number of carbonyl (C=O) groups excluding carboxylic acids is 2.